The van der Waals surface area contributed by atoms with E-state index in [1.165, 1.54) is 0 Å². The molecule has 18 heavy (non-hydrogen) atoms. The summed E-state index contributed by atoms with van der Waals surface area (Å²) in [6.07, 6.45) is 0. The van der Waals surface area contributed by atoms with Crippen LogP contribution in [0.2, 0.25) is 0 Å². The van der Waals surface area contributed by atoms with E-state index >= 15 is 0 Å². The third kappa shape index (κ3) is 2.89. The van der Waals surface area contributed by atoms with Gasteiger partial charge in [0.2, 0.25) is 10.0 Å². The predicted molar refractivity (Wildman–Crippen MR) is 70.7 cm³/mol. The summed E-state index contributed by atoms with van der Waals surface area (Å²) in [6, 6.07) is 7.15. The molecule has 1 atom stereocenters. The van der Waals surface area contributed by atoms with E-state index in [1.807, 2.05) is 12.1 Å². The summed E-state index contributed by atoms with van der Waals surface area (Å²) in [4.78, 5) is 2.54. The number of primary sulfonamides is 1. The summed E-state index contributed by atoms with van der Waals surface area (Å²) in [5, 5.41) is 8.45. The zero-order valence-corrected chi connectivity index (χ0v) is 11.3. The third-order valence-corrected chi connectivity index (χ3v) is 4.28. The van der Waals surface area contributed by atoms with Crippen molar-refractivity contribution in [2.45, 2.75) is 17.9 Å². The van der Waals surface area contributed by atoms with Crippen LogP contribution in [0.4, 0.5) is 0 Å². The highest BCUT2D eigenvalue weighted by molar-refractivity contribution is 7.89. The van der Waals surface area contributed by atoms with Crippen LogP contribution in [0, 0.1) is 0 Å². The van der Waals surface area contributed by atoms with E-state index in [9.17, 15) is 8.42 Å². The molecule has 0 amide bonds. The smallest absolute Gasteiger partial charge is 0.238 e. The Balaban J connectivity index is 2.23. The number of likely N-dealkylation sites (N-methyl/N-ethyl adjacent to an activating group) is 1. The maximum atomic E-state index is 11.2. The molecule has 1 aromatic carbocycles. The molecule has 0 aliphatic carbocycles. The second-order valence-electron chi connectivity index (χ2n) is 4.46. The van der Waals surface area contributed by atoms with Crippen LogP contribution in [0.5, 0.6) is 0 Å². The first-order valence-corrected chi connectivity index (χ1v) is 7.64. The second kappa shape index (κ2) is 5.36. The van der Waals surface area contributed by atoms with Crippen LogP contribution in [0.15, 0.2) is 29.2 Å². The summed E-state index contributed by atoms with van der Waals surface area (Å²) in [6.45, 7) is 6.03. The molecule has 2 rings (SSSR count). The lowest BCUT2D eigenvalue weighted by atomic mass is 10.0. The predicted octanol–water partition coefficient (Wildman–Crippen LogP) is 0.300. The Kier molecular flexibility index (Phi) is 4.01. The average Bonchev–Trinajstić information content (AvgIpc) is 2.38. The van der Waals surface area contributed by atoms with Crippen LogP contribution in [0.1, 0.15) is 18.5 Å². The second-order valence-corrected chi connectivity index (χ2v) is 6.02. The van der Waals surface area contributed by atoms with Gasteiger partial charge in [0, 0.05) is 25.7 Å². The molecule has 5 nitrogen and oxygen atoms in total. The van der Waals surface area contributed by atoms with Gasteiger partial charge in [0.1, 0.15) is 0 Å². The van der Waals surface area contributed by atoms with Crippen LogP contribution in [0.25, 0.3) is 0 Å². The first-order chi connectivity index (χ1) is 8.52. The normalized spacial score (nSPS) is 22.0. The van der Waals surface area contributed by atoms with Gasteiger partial charge in [0.15, 0.2) is 0 Å². The number of benzene rings is 1. The Bertz CT molecular complexity index is 499. The summed E-state index contributed by atoms with van der Waals surface area (Å²) in [7, 11) is -3.60. The van der Waals surface area contributed by atoms with E-state index in [4.69, 9.17) is 5.14 Å². The molecule has 1 aliphatic heterocycles. The fourth-order valence-electron chi connectivity index (χ4n) is 2.33. The monoisotopic (exact) mass is 269 g/mol. The molecular weight excluding hydrogens is 250 g/mol. The maximum Gasteiger partial charge on any atom is 0.238 e. The summed E-state index contributed by atoms with van der Waals surface area (Å²) in [5.74, 6) is 0. The number of hydrogen-bond donors (Lipinski definition) is 2. The Morgan fingerprint density at radius 2 is 2.06 bits per heavy atom. The number of nitrogens with two attached hydrogens (primary N) is 1. The van der Waals surface area contributed by atoms with Crippen molar-refractivity contribution in [2.24, 2.45) is 5.14 Å². The van der Waals surface area contributed by atoms with Gasteiger partial charge in [-0.2, -0.15) is 0 Å². The lowest BCUT2D eigenvalue weighted by Gasteiger charge is -2.35. The minimum atomic E-state index is -3.60. The summed E-state index contributed by atoms with van der Waals surface area (Å²) >= 11 is 0. The quantitative estimate of drug-likeness (QED) is 0.827. The number of hydrogen-bond acceptors (Lipinski definition) is 4. The zero-order chi connectivity index (χ0) is 13.2. The van der Waals surface area contributed by atoms with Crippen LogP contribution in [-0.4, -0.2) is 39.5 Å². The van der Waals surface area contributed by atoms with E-state index in [0.29, 0.717) is 6.04 Å². The molecule has 1 fully saturated rings. The van der Waals surface area contributed by atoms with Gasteiger partial charge in [-0.1, -0.05) is 19.1 Å². The molecule has 0 aromatic heterocycles. The molecular formula is C12H19N3O2S. The van der Waals surface area contributed by atoms with Crippen LogP contribution in [0.3, 0.4) is 0 Å². The minimum absolute atomic E-state index is 0.165. The van der Waals surface area contributed by atoms with Crippen LogP contribution >= 0.6 is 0 Å². The molecule has 0 spiro atoms. The lowest BCUT2D eigenvalue weighted by Crippen LogP contribution is -2.45. The van der Waals surface area contributed by atoms with E-state index in [-0.39, 0.29) is 4.90 Å². The maximum absolute atomic E-state index is 11.2. The Morgan fingerprint density at radius 1 is 1.39 bits per heavy atom. The average molecular weight is 269 g/mol. The SMILES string of the molecule is CCN1CCNCC1c1ccc(S(N)(=O)=O)cc1. The Morgan fingerprint density at radius 3 is 2.61 bits per heavy atom. The van der Waals surface area contributed by atoms with Crippen LogP contribution < -0.4 is 10.5 Å². The molecule has 3 N–H and O–H groups in total. The highest BCUT2D eigenvalue weighted by Gasteiger charge is 2.22. The molecule has 6 heteroatoms. The first-order valence-electron chi connectivity index (χ1n) is 6.10. The van der Waals surface area contributed by atoms with Gasteiger partial charge in [-0.05, 0) is 24.2 Å². The van der Waals surface area contributed by atoms with Crippen molar-refractivity contribution in [1.82, 2.24) is 10.2 Å². The summed E-state index contributed by atoms with van der Waals surface area (Å²) < 4.78 is 22.4. The Hall–Kier alpha value is -0.950. The van der Waals surface area contributed by atoms with Crippen molar-refractivity contribution in [3.63, 3.8) is 0 Å². The van der Waals surface area contributed by atoms with E-state index < -0.39 is 10.0 Å². The van der Waals surface area contributed by atoms with Crippen molar-refractivity contribution in [1.29, 1.82) is 0 Å². The molecule has 1 aliphatic rings. The molecule has 1 aromatic rings. The summed E-state index contributed by atoms with van der Waals surface area (Å²) in [5.41, 5.74) is 1.12. The number of piperazine rings is 1. The fourth-order valence-corrected chi connectivity index (χ4v) is 2.85. The van der Waals surface area contributed by atoms with Crippen LogP contribution in [-0.2, 0) is 10.0 Å². The number of sulfonamides is 1. The van der Waals surface area contributed by atoms with Gasteiger partial charge >= 0.3 is 0 Å². The highest BCUT2D eigenvalue weighted by Crippen LogP contribution is 2.22. The van der Waals surface area contributed by atoms with Crippen molar-refractivity contribution in [2.75, 3.05) is 26.2 Å². The van der Waals surface area contributed by atoms with Gasteiger partial charge in [-0.25, -0.2) is 13.6 Å². The van der Waals surface area contributed by atoms with Crippen molar-refractivity contribution in [3.8, 4) is 0 Å². The molecule has 1 saturated heterocycles. The van der Waals surface area contributed by atoms with Gasteiger partial charge in [-0.15, -0.1) is 0 Å². The molecule has 1 unspecified atom stereocenters. The van der Waals surface area contributed by atoms with E-state index in [0.717, 1.165) is 31.7 Å². The first kappa shape index (κ1) is 13.5. The topological polar surface area (TPSA) is 75.4 Å². The van der Waals surface area contributed by atoms with Gasteiger partial charge in [0.25, 0.3) is 0 Å². The molecule has 0 bridgehead atoms. The largest absolute Gasteiger partial charge is 0.314 e. The van der Waals surface area contributed by atoms with E-state index in [2.05, 4.69) is 17.1 Å². The number of nitrogens with one attached hydrogen (secondary N) is 1. The highest BCUT2D eigenvalue weighted by atomic mass is 32.2. The number of nitrogens with zero attached hydrogens (tertiary/aromatic N) is 1. The van der Waals surface area contributed by atoms with Gasteiger partial charge in [0.05, 0.1) is 4.90 Å². The third-order valence-electron chi connectivity index (χ3n) is 3.35. The van der Waals surface area contributed by atoms with Crippen molar-refractivity contribution in [3.05, 3.63) is 29.8 Å². The zero-order valence-electron chi connectivity index (χ0n) is 10.5. The van der Waals surface area contributed by atoms with E-state index in [1.54, 1.807) is 12.1 Å². The molecule has 1 heterocycles. The minimum Gasteiger partial charge on any atom is -0.314 e. The fraction of sp³-hybridized carbons (Fsp3) is 0.500. The molecule has 0 radical (unpaired) electrons. The number of rotatable bonds is 3. The molecule has 0 saturated carbocycles. The van der Waals surface area contributed by atoms with Gasteiger partial charge < -0.3 is 5.32 Å². The molecule has 100 valence electrons. The van der Waals surface area contributed by atoms with Crippen molar-refractivity contribution >= 4 is 10.0 Å². The van der Waals surface area contributed by atoms with Crippen molar-refractivity contribution < 1.29 is 8.42 Å². The van der Waals surface area contributed by atoms with Gasteiger partial charge in [-0.3, -0.25) is 4.90 Å². The standard InChI is InChI=1S/C12H19N3O2S/c1-2-15-8-7-14-9-12(15)10-3-5-11(6-4-10)18(13,16)17/h3-6,12,14H,2,7-9H2,1H3,(H2,13,16,17). The Labute approximate surface area is 108 Å². The lowest BCUT2D eigenvalue weighted by molar-refractivity contribution is 0.171.